The minimum Gasteiger partial charge on any atom is -0.480 e. The number of aromatic nitrogens is 4. The molecular formula is C6H7F3N4O3. The Morgan fingerprint density at radius 3 is 2.75 bits per heavy atom. The number of alkyl halides is 3. The van der Waals surface area contributed by atoms with Crippen LogP contribution in [0.4, 0.5) is 13.2 Å². The van der Waals surface area contributed by atoms with E-state index in [1.165, 1.54) is 0 Å². The van der Waals surface area contributed by atoms with Crippen LogP contribution in [0, 0.1) is 0 Å². The van der Waals surface area contributed by atoms with Crippen LogP contribution >= 0.6 is 0 Å². The van der Waals surface area contributed by atoms with Crippen molar-refractivity contribution in [2.24, 2.45) is 0 Å². The molecule has 1 heterocycles. The Morgan fingerprint density at radius 1 is 1.50 bits per heavy atom. The lowest BCUT2D eigenvalue weighted by molar-refractivity contribution is -0.177. The second-order valence-electron chi connectivity index (χ2n) is 2.75. The number of carbonyl (C=O) groups is 1. The third-order valence-corrected chi connectivity index (χ3v) is 1.39. The number of tetrazole rings is 1. The molecule has 10 heteroatoms. The van der Waals surface area contributed by atoms with Gasteiger partial charge >= 0.3 is 12.1 Å². The summed E-state index contributed by atoms with van der Waals surface area (Å²) in [6.45, 7) is -2.47. The van der Waals surface area contributed by atoms with Gasteiger partial charge in [-0.1, -0.05) is 0 Å². The van der Waals surface area contributed by atoms with Gasteiger partial charge in [-0.15, -0.1) is 5.10 Å². The van der Waals surface area contributed by atoms with Crippen LogP contribution in [0.3, 0.4) is 0 Å². The fraction of sp³-hybridized carbons (Fsp3) is 0.667. The highest BCUT2D eigenvalue weighted by Crippen LogP contribution is 2.15. The number of rotatable bonds is 5. The van der Waals surface area contributed by atoms with Crippen LogP contribution in [0.25, 0.3) is 0 Å². The van der Waals surface area contributed by atoms with Crippen molar-refractivity contribution in [1.82, 2.24) is 20.2 Å². The van der Waals surface area contributed by atoms with Gasteiger partial charge in [-0.05, 0) is 10.4 Å². The van der Waals surface area contributed by atoms with E-state index in [1.54, 1.807) is 0 Å². The molecule has 0 atom stereocenters. The number of carboxylic acids is 1. The van der Waals surface area contributed by atoms with Gasteiger partial charge < -0.3 is 9.84 Å². The van der Waals surface area contributed by atoms with Crippen LogP contribution in [-0.4, -0.2) is 44.1 Å². The zero-order valence-corrected chi connectivity index (χ0v) is 7.81. The van der Waals surface area contributed by atoms with E-state index in [4.69, 9.17) is 5.11 Å². The fourth-order valence-electron chi connectivity index (χ4n) is 0.836. The van der Waals surface area contributed by atoms with Gasteiger partial charge in [-0.25, -0.2) is 4.68 Å². The molecule has 0 saturated carbocycles. The molecule has 0 aliphatic rings. The molecule has 1 aromatic rings. The predicted molar refractivity (Wildman–Crippen MR) is 41.2 cm³/mol. The summed E-state index contributed by atoms with van der Waals surface area (Å²) in [6.07, 6.45) is -4.44. The van der Waals surface area contributed by atoms with Crippen molar-refractivity contribution >= 4 is 5.97 Å². The zero-order chi connectivity index (χ0) is 12.2. The number of halogens is 3. The lowest BCUT2D eigenvalue weighted by Crippen LogP contribution is -2.19. The van der Waals surface area contributed by atoms with E-state index < -0.39 is 31.9 Å². The molecule has 90 valence electrons. The minimum absolute atomic E-state index is 0.0772. The lowest BCUT2D eigenvalue weighted by Gasteiger charge is -2.06. The van der Waals surface area contributed by atoms with E-state index in [2.05, 4.69) is 20.3 Å². The van der Waals surface area contributed by atoms with Gasteiger partial charge in [0.25, 0.3) is 0 Å². The van der Waals surface area contributed by atoms with Crippen LogP contribution in [0.15, 0.2) is 0 Å². The number of ether oxygens (including phenoxy) is 1. The van der Waals surface area contributed by atoms with Gasteiger partial charge in [0, 0.05) is 0 Å². The summed E-state index contributed by atoms with van der Waals surface area (Å²) in [7, 11) is 0. The highest BCUT2D eigenvalue weighted by atomic mass is 19.4. The molecule has 1 N–H and O–H groups in total. The highest BCUT2D eigenvalue weighted by molar-refractivity contribution is 5.66. The van der Waals surface area contributed by atoms with Crippen molar-refractivity contribution in [1.29, 1.82) is 0 Å². The van der Waals surface area contributed by atoms with Crippen molar-refractivity contribution in [3.63, 3.8) is 0 Å². The summed E-state index contributed by atoms with van der Waals surface area (Å²) < 4.78 is 40.3. The summed E-state index contributed by atoms with van der Waals surface area (Å²) in [6, 6.07) is 0. The fourth-order valence-corrected chi connectivity index (χ4v) is 0.836. The zero-order valence-electron chi connectivity index (χ0n) is 7.81. The average molecular weight is 240 g/mol. The molecule has 0 fully saturated rings. The molecular weight excluding hydrogens is 233 g/mol. The van der Waals surface area contributed by atoms with Crippen LogP contribution < -0.4 is 0 Å². The Balaban J connectivity index is 2.48. The van der Waals surface area contributed by atoms with E-state index in [9.17, 15) is 18.0 Å². The van der Waals surface area contributed by atoms with Gasteiger partial charge in [-0.3, -0.25) is 4.79 Å². The van der Waals surface area contributed by atoms with Gasteiger partial charge in [0.2, 0.25) is 0 Å². The summed E-state index contributed by atoms with van der Waals surface area (Å²) in [5.74, 6) is -1.28. The monoisotopic (exact) mass is 240 g/mol. The molecule has 0 aliphatic carbocycles. The molecule has 0 aliphatic heterocycles. The van der Waals surface area contributed by atoms with Crippen molar-refractivity contribution in [2.75, 3.05) is 6.61 Å². The Bertz CT molecular complexity index is 364. The van der Waals surface area contributed by atoms with Crippen molar-refractivity contribution in [3.8, 4) is 0 Å². The van der Waals surface area contributed by atoms with Gasteiger partial charge in [-0.2, -0.15) is 13.2 Å². The maximum Gasteiger partial charge on any atom is 0.411 e. The number of aliphatic carboxylic acids is 1. The smallest absolute Gasteiger partial charge is 0.411 e. The molecule has 0 unspecified atom stereocenters. The highest BCUT2D eigenvalue weighted by Gasteiger charge is 2.27. The first-order chi connectivity index (χ1) is 7.38. The molecule has 0 bridgehead atoms. The Kier molecular flexibility index (Phi) is 3.77. The van der Waals surface area contributed by atoms with Crippen molar-refractivity contribution in [3.05, 3.63) is 5.82 Å². The van der Waals surface area contributed by atoms with E-state index in [1.807, 2.05) is 0 Å². The second-order valence-corrected chi connectivity index (χ2v) is 2.75. The van der Waals surface area contributed by atoms with Crippen molar-refractivity contribution in [2.45, 2.75) is 19.3 Å². The topological polar surface area (TPSA) is 90.1 Å². The Morgan fingerprint density at radius 2 is 2.19 bits per heavy atom. The molecule has 0 saturated heterocycles. The summed E-state index contributed by atoms with van der Waals surface area (Å²) in [4.78, 5) is 10.3. The summed E-state index contributed by atoms with van der Waals surface area (Å²) in [5.41, 5.74) is 0. The van der Waals surface area contributed by atoms with Crippen LogP contribution in [0.1, 0.15) is 5.82 Å². The number of hydrogen-bond acceptors (Lipinski definition) is 5. The maximum atomic E-state index is 11.7. The maximum absolute atomic E-state index is 11.7. The van der Waals surface area contributed by atoms with Crippen LogP contribution in [0.2, 0.25) is 0 Å². The molecule has 0 aromatic carbocycles. The summed E-state index contributed by atoms with van der Waals surface area (Å²) >= 11 is 0. The first-order valence-electron chi connectivity index (χ1n) is 4.00. The third kappa shape index (κ3) is 4.21. The van der Waals surface area contributed by atoms with Gasteiger partial charge in [0.1, 0.15) is 19.8 Å². The van der Waals surface area contributed by atoms with Crippen LogP contribution in [-0.2, 0) is 22.7 Å². The molecule has 7 nitrogen and oxygen atoms in total. The molecule has 0 spiro atoms. The Labute approximate surface area is 86.8 Å². The first kappa shape index (κ1) is 12.4. The van der Waals surface area contributed by atoms with Gasteiger partial charge in [0.15, 0.2) is 5.82 Å². The normalized spacial score (nSPS) is 11.7. The average Bonchev–Trinajstić information content (AvgIpc) is 2.49. The SMILES string of the molecule is O=C(O)Cn1nnnc1COCC(F)(F)F. The second kappa shape index (κ2) is 4.88. The summed E-state index contributed by atoms with van der Waals surface area (Å²) in [5, 5.41) is 18.2. The van der Waals surface area contributed by atoms with Gasteiger partial charge in [0.05, 0.1) is 0 Å². The molecule has 1 rings (SSSR count). The number of nitrogens with zero attached hydrogens (tertiary/aromatic N) is 4. The Hall–Kier alpha value is -1.71. The molecule has 0 amide bonds. The first-order valence-corrected chi connectivity index (χ1v) is 4.00. The predicted octanol–water partition coefficient (Wildman–Crippen LogP) is -0.163. The third-order valence-electron chi connectivity index (χ3n) is 1.39. The minimum atomic E-state index is -4.44. The van der Waals surface area contributed by atoms with E-state index >= 15 is 0 Å². The quantitative estimate of drug-likeness (QED) is 0.768. The van der Waals surface area contributed by atoms with E-state index in [0.29, 0.717) is 0 Å². The van der Waals surface area contributed by atoms with Crippen LogP contribution in [0.5, 0.6) is 0 Å². The van der Waals surface area contributed by atoms with E-state index in [0.717, 1.165) is 4.68 Å². The van der Waals surface area contributed by atoms with Crippen molar-refractivity contribution < 1.29 is 27.8 Å². The standard InChI is InChI=1S/C6H7F3N4O3/c7-6(8,9)3-16-2-4-10-11-12-13(4)1-5(14)15/h1-3H2,(H,14,15). The molecule has 16 heavy (non-hydrogen) atoms. The largest absolute Gasteiger partial charge is 0.480 e. The molecule has 1 aromatic heterocycles. The number of hydrogen-bond donors (Lipinski definition) is 1. The van der Waals surface area contributed by atoms with E-state index in [-0.39, 0.29) is 5.82 Å². The number of carboxylic acid groups (broad SMARTS) is 1. The molecule has 0 radical (unpaired) electrons. The lowest BCUT2D eigenvalue weighted by atomic mass is 10.6.